The van der Waals surface area contributed by atoms with Gasteiger partial charge < -0.3 is 9.64 Å². The molecular weight excluding hydrogens is 444 g/mol. The first-order chi connectivity index (χ1) is 14.6. The average Bonchev–Trinajstić information content (AvgIpc) is 2.71. The molecule has 7 heteroatoms. The second-order valence-electron chi connectivity index (χ2n) is 8.28. The second-order valence-corrected chi connectivity index (χ2v) is 9.20. The molecule has 0 N–H and O–H groups in total. The van der Waals surface area contributed by atoms with Crippen LogP contribution < -0.4 is 10.3 Å². The molecule has 0 spiro atoms. The van der Waals surface area contributed by atoms with E-state index >= 15 is 0 Å². The van der Waals surface area contributed by atoms with Crippen molar-refractivity contribution in [1.29, 1.82) is 0 Å². The average molecular weight is 469 g/mol. The highest BCUT2D eigenvalue weighted by molar-refractivity contribution is 9.10. The number of piperidine rings is 1. The molecule has 1 saturated heterocycles. The molecule has 0 atom stereocenters. The first kappa shape index (κ1) is 19.7. The molecule has 3 heterocycles. The molecule has 30 heavy (non-hydrogen) atoms. The number of aromatic nitrogens is 3. The van der Waals surface area contributed by atoms with Crippen LogP contribution >= 0.6 is 15.9 Å². The maximum absolute atomic E-state index is 12.7. The molecule has 0 bridgehead atoms. The summed E-state index contributed by atoms with van der Waals surface area (Å²) in [6.07, 6.45) is 8.18. The molecule has 156 valence electrons. The van der Waals surface area contributed by atoms with Crippen LogP contribution in [0.2, 0.25) is 0 Å². The highest BCUT2D eigenvalue weighted by Crippen LogP contribution is 2.29. The summed E-state index contributed by atoms with van der Waals surface area (Å²) >= 11 is 3.40. The molecule has 3 aromatic rings. The largest absolute Gasteiger partial charge is 0.490 e. The summed E-state index contributed by atoms with van der Waals surface area (Å²) in [5.41, 5.74) is 1.68. The Balaban J connectivity index is 1.32. The van der Waals surface area contributed by atoms with E-state index in [1.807, 2.05) is 30.3 Å². The van der Waals surface area contributed by atoms with Gasteiger partial charge in [-0.2, -0.15) is 0 Å². The summed E-state index contributed by atoms with van der Waals surface area (Å²) in [5, 5.41) is 0. The van der Waals surface area contributed by atoms with Crippen LogP contribution in [0.25, 0.3) is 22.4 Å². The minimum atomic E-state index is -0.152. The van der Waals surface area contributed by atoms with E-state index in [0.29, 0.717) is 16.9 Å². The maximum atomic E-state index is 12.7. The van der Waals surface area contributed by atoms with Crippen molar-refractivity contribution in [1.82, 2.24) is 19.4 Å². The SMILES string of the molecule is Cn1c(-c2ccc(OC3CCN(C4CCC4)CC3)cc2)nc2cc(Br)cnc2c1=O. The van der Waals surface area contributed by atoms with Crippen molar-refractivity contribution >= 4 is 27.0 Å². The van der Waals surface area contributed by atoms with E-state index < -0.39 is 0 Å². The number of pyridine rings is 1. The monoisotopic (exact) mass is 468 g/mol. The Kier molecular flexibility index (Phi) is 5.33. The summed E-state index contributed by atoms with van der Waals surface area (Å²) in [5.74, 6) is 1.49. The Labute approximate surface area is 184 Å². The van der Waals surface area contributed by atoms with Crippen LogP contribution in [0.1, 0.15) is 32.1 Å². The summed E-state index contributed by atoms with van der Waals surface area (Å²) in [6.45, 7) is 2.28. The molecule has 2 fully saturated rings. The minimum absolute atomic E-state index is 0.152. The van der Waals surface area contributed by atoms with Crippen LogP contribution in [0.15, 0.2) is 45.8 Å². The van der Waals surface area contributed by atoms with Crippen molar-refractivity contribution < 1.29 is 4.74 Å². The number of halogens is 1. The minimum Gasteiger partial charge on any atom is -0.490 e. The van der Waals surface area contributed by atoms with Gasteiger partial charge in [-0.25, -0.2) is 9.97 Å². The van der Waals surface area contributed by atoms with Gasteiger partial charge in [-0.3, -0.25) is 9.36 Å². The molecule has 1 aliphatic carbocycles. The van der Waals surface area contributed by atoms with Crippen molar-refractivity contribution in [3.8, 4) is 17.1 Å². The second kappa shape index (κ2) is 8.12. The van der Waals surface area contributed by atoms with Gasteiger partial charge in [0.15, 0.2) is 5.52 Å². The van der Waals surface area contributed by atoms with E-state index in [-0.39, 0.29) is 11.7 Å². The summed E-state index contributed by atoms with van der Waals surface area (Å²) in [7, 11) is 1.73. The van der Waals surface area contributed by atoms with Crippen LogP contribution in [0.3, 0.4) is 0 Å². The Bertz CT molecular complexity index is 1120. The summed E-state index contributed by atoms with van der Waals surface area (Å²) in [4.78, 5) is 24.2. The summed E-state index contributed by atoms with van der Waals surface area (Å²) in [6, 6.07) is 10.5. The molecule has 5 rings (SSSR count). The van der Waals surface area contributed by atoms with Gasteiger partial charge in [-0.1, -0.05) is 6.42 Å². The quantitative estimate of drug-likeness (QED) is 0.575. The van der Waals surface area contributed by atoms with Gasteiger partial charge in [0.2, 0.25) is 0 Å². The maximum Gasteiger partial charge on any atom is 0.280 e. The lowest BCUT2D eigenvalue weighted by Gasteiger charge is -2.41. The highest BCUT2D eigenvalue weighted by Gasteiger charge is 2.29. The molecule has 2 aromatic heterocycles. The first-order valence-corrected chi connectivity index (χ1v) is 11.4. The smallest absolute Gasteiger partial charge is 0.280 e. The van der Waals surface area contributed by atoms with Gasteiger partial charge in [0.25, 0.3) is 5.56 Å². The Morgan fingerprint density at radius 3 is 2.50 bits per heavy atom. The molecule has 0 unspecified atom stereocenters. The van der Waals surface area contributed by atoms with Crippen molar-refractivity contribution in [2.75, 3.05) is 13.1 Å². The van der Waals surface area contributed by atoms with Gasteiger partial charge >= 0.3 is 0 Å². The van der Waals surface area contributed by atoms with E-state index in [4.69, 9.17) is 4.74 Å². The fourth-order valence-corrected chi connectivity index (χ4v) is 4.69. The van der Waals surface area contributed by atoms with E-state index in [2.05, 4.69) is 30.8 Å². The third-order valence-corrected chi connectivity index (χ3v) is 6.80. The topological polar surface area (TPSA) is 60.2 Å². The molecule has 0 amide bonds. The molecule has 1 saturated carbocycles. The number of nitrogens with zero attached hydrogens (tertiary/aromatic N) is 4. The fraction of sp³-hybridized carbons (Fsp3) is 0.435. The lowest BCUT2D eigenvalue weighted by molar-refractivity contribution is 0.0493. The van der Waals surface area contributed by atoms with Crippen molar-refractivity contribution in [2.45, 2.75) is 44.2 Å². The van der Waals surface area contributed by atoms with Gasteiger partial charge in [-0.05, 0) is 71.9 Å². The number of fused-ring (bicyclic) bond motifs is 1. The normalized spacial score (nSPS) is 18.5. The van der Waals surface area contributed by atoms with Gasteiger partial charge in [0.05, 0.1) is 5.52 Å². The molecule has 1 aliphatic heterocycles. The van der Waals surface area contributed by atoms with E-state index in [1.165, 1.54) is 19.3 Å². The predicted octanol–water partition coefficient (Wildman–Crippen LogP) is 4.15. The zero-order valence-corrected chi connectivity index (χ0v) is 18.6. The number of rotatable bonds is 4. The molecule has 0 radical (unpaired) electrons. The van der Waals surface area contributed by atoms with Crippen molar-refractivity contribution in [3.05, 3.63) is 51.4 Å². The lowest BCUT2D eigenvalue weighted by atomic mass is 9.90. The van der Waals surface area contributed by atoms with Crippen LogP contribution in [0, 0.1) is 0 Å². The van der Waals surface area contributed by atoms with Crippen LogP contribution in [-0.4, -0.2) is 44.7 Å². The fourth-order valence-electron chi connectivity index (χ4n) is 4.37. The number of hydrogen-bond acceptors (Lipinski definition) is 5. The van der Waals surface area contributed by atoms with E-state index in [0.717, 1.165) is 47.8 Å². The van der Waals surface area contributed by atoms with Crippen molar-refractivity contribution in [3.63, 3.8) is 0 Å². The highest BCUT2D eigenvalue weighted by atomic mass is 79.9. The third-order valence-electron chi connectivity index (χ3n) is 6.37. The Hall–Kier alpha value is -2.25. The van der Waals surface area contributed by atoms with Gasteiger partial charge in [0.1, 0.15) is 17.7 Å². The number of hydrogen-bond donors (Lipinski definition) is 0. The lowest BCUT2D eigenvalue weighted by Crippen LogP contribution is -2.46. The van der Waals surface area contributed by atoms with Crippen LogP contribution in [0.5, 0.6) is 5.75 Å². The number of ether oxygens (including phenoxy) is 1. The van der Waals surface area contributed by atoms with Gasteiger partial charge in [-0.15, -0.1) is 0 Å². The number of likely N-dealkylation sites (tertiary alicyclic amines) is 1. The standard InChI is InChI=1S/C23H25BrN4O2/c1-27-22(26-20-13-16(24)14-25-21(20)23(27)29)15-5-7-18(8-6-15)30-19-9-11-28(12-10-19)17-3-2-4-17/h5-8,13-14,17,19H,2-4,9-12H2,1H3. The van der Waals surface area contributed by atoms with Crippen molar-refractivity contribution in [2.24, 2.45) is 7.05 Å². The molecular formula is C23H25BrN4O2. The molecule has 2 aliphatic rings. The third kappa shape index (κ3) is 3.76. The predicted molar refractivity (Wildman–Crippen MR) is 121 cm³/mol. The van der Waals surface area contributed by atoms with E-state index in [1.54, 1.807) is 17.8 Å². The zero-order chi connectivity index (χ0) is 20.7. The molecule has 6 nitrogen and oxygen atoms in total. The molecule has 1 aromatic carbocycles. The first-order valence-electron chi connectivity index (χ1n) is 10.6. The Morgan fingerprint density at radius 2 is 1.83 bits per heavy atom. The zero-order valence-electron chi connectivity index (χ0n) is 17.1. The van der Waals surface area contributed by atoms with Crippen LogP contribution in [-0.2, 0) is 7.05 Å². The Morgan fingerprint density at radius 1 is 1.10 bits per heavy atom. The van der Waals surface area contributed by atoms with Gasteiger partial charge in [0, 0.05) is 42.4 Å². The summed E-state index contributed by atoms with van der Waals surface area (Å²) < 4.78 is 8.58. The number of benzene rings is 1. The van der Waals surface area contributed by atoms with Crippen LogP contribution in [0.4, 0.5) is 0 Å². The van der Waals surface area contributed by atoms with E-state index in [9.17, 15) is 4.79 Å².